The number of likely N-dealkylation sites (tertiary alicyclic amines) is 1. The Morgan fingerprint density at radius 1 is 1.52 bits per heavy atom. The zero-order valence-corrected chi connectivity index (χ0v) is 14.3. The van der Waals surface area contributed by atoms with Gasteiger partial charge >= 0.3 is 5.97 Å². The van der Waals surface area contributed by atoms with Gasteiger partial charge in [-0.3, -0.25) is 4.79 Å². The second kappa shape index (κ2) is 7.66. The van der Waals surface area contributed by atoms with Crippen LogP contribution in [0.2, 0.25) is 5.15 Å². The predicted molar refractivity (Wildman–Crippen MR) is 91.6 cm³/mol. The zero-order valence-electron chi connectivity index (χ0n) is 12.8. The molecular formula is C16H17ClN2O3S. The lowest BCUT2D eigenvalue weighted by atomic mass is 10.1. The Labute approximate surface area is 144 Å². The first-order valence-corrected chi connectivity index (χ1v) is 8.27. The Bertz CT molecular complexity index is 663. The molecule has 1 unspecified atom stereocenters. The normalized spacial score (nSPS) is 17.0. The number of hydrogen-bond donors (Lipinski definition) is 0. The minimum absolute atomic E-state index is 0.0124. The highest BCUT2D eigenvalue weighted by Gasteiger charge is 2.31. The van der Waals surface area contributed by atoms with Crippen molar-refractivity contribution in [1.29, 1.82) is 0 Å². The molecule has 0 aromatic carbocycles. The molecule has 122 valence electrons. The maximum Gasteiger partial charge on any atom is 0.356 e. The topological polar surface area (TPSA) is 59.5 Å². The Morgan fingerprint density at radius 2 is 2.26 bits per heavy atom. The van der Waals surface area contributed by atoms with Crippen molar-refractivity contribution >= 4 is 35.2 Å². The molecule has 0 saturated carbocycles. The number of nitrogens with zero attached hydrogens (tertiary/aromatic N) is 2. The van der Waals surface area contributed by atoms with Crippen LogP contribution in [0.5, 0.6) is 0 Å². The molecule has 1 fully saturated rings. The molecule has 0 N–H and O–H groups in total. The van der Waals surface area contributed by atoms with Crippen LogP contribution in [0.15, 0.2) is 35.6 Å². The highest BCUT2D eigenvalue weighted by Crippen LogP contribution is 2.31. The Morgan fingerprint density at radius 3 is 2.91 bits per heavy atom. The molecule has 1 aliphatic heterocycles. The van der Waals surface area contributed by atoms with Gasteiger partial charge in [0.2, 0.25) is 0 Å². The number of carbonyl (C=O) groups excluding carboxylic acids is 2. The number of methoxy groups -OCH3 is 1. The van der Waals surface area contributed by atoms with Gasteiger partial charge in [0.15, 0.2) is 5.69 Å². The van der Waals surface area contributed by atoms with Crippen molar-refractivity contribution in [3.8, 4) is 0 Å². The van der Waals surface area contributed by atoms with Crippen LogP contribution in [0.3, 0.4) is 0 Å². The van der Waals surface area contributed by atoms with E-state index in [0.29, 0.717) is 12.1 Å². The number of aromatic nitrogens is 1. The number of hydrogen-bond acceptors (Lipinski definition) is 5. The van der Waals surface area contributed by atoms with Crippen LogP contribution in [-0.4, -0.2) is 41.5 Å². The number of thioether (sulfide) groups is 1. The number of halogens is 1. The van der Waals surface area contributed by atoms with Gasteiger partial charge < -0.3 is 9.64 Å². The van der Waals surface area contributed by atoms with Gasteiger partial charge in [0.25, 0.3) is 5.91 Å². The molecule has 0 aliphatic carbocycles. The van der Waals surface area contributed by atoms with E-state index >= 15 is 0 Å². The van der Waals surface area contributed by atoms with Crippen LogP contribution >= 0.6 is 23.4 Å². The molecule has 1 amide bonds. The summed E-state index contributed by atoms with van der Waals surface area (Å²) in [6.45, 7) is 8.32. The summed E-state index contributed by atoms with van der Waals surface area (Å²) in [4.78, 5) is 30.9. The molecule has 0 spiro atoms. The fourth-order valence-corrected chi connectivity index (χ4v) is 3.35. The van der Waals surface area contributed by atoms with Gasteiger partial charge in [-0.2, -0.15) is 0 Å². The van der Waals surface area contributed by atoms with E-state index in [1.807, 2.05) is 0 Å². The first-order chi connectivity index (χ1) is 11.0. The lowest BCUT2D eigenvalue weighted by Crippen LogP contribution is -2.36. The summed E-state index contributed by atoms with van der Waals surface area (Å²) in [7, 11) is 1.25. The van der Waals surface area contributed by atoms with Crippen molar-refractivity contribution in [3.63, 3.8) is 0 Å². The van der Waals surface area contributed by atoms with Crippen LogP contribution in [0.4, 0.5) is 0 Å². The van der Waals surface area contributed by atoms with Crippen LogP contribution in [0, 0.1) is 0 Å². The Hall–Kier alpha value is -1.79. The van der Waals surface area contributed by atoms with Gasteiger partial charge in [-0.15, -0.1) is 11.8 Å². The van der Waals surface area contributed by atoms with Crippen LogP contribution in [-0.2, 0) is 4.74 Å². The van der Waals surface area contributed by atoms with Gasteiger partial charge in [0.1, 0.15) is 5.15 Å². The first-order valence-electron chi connectivity index (χ1n) is 7.01. The summed E-state index contributed by atoms with van der Waals surface area (Å²) < 4.78 is 4.63. The largest absolute Gasteiger partial charge is 0.464 e. The van der Waals surface area contributed by atoms with Gasteiger partial charge in [0.05, 0.1) is 13.2 Å². The summed E-state index contributed by atoms with van der Waals surface area (Å²) >= 11 is 7.35. The van der Waals surface area contributed by atoms with E-state index in [1.165, 1.54) is 31.0 Å². The third kappa shape index (κ3) is 3.95. The molecule has 2 heterocycles. The number of esters is 1. The third-order valence-electron chi connectivity index (χ3n) is 3.56. The molecular weight excluding hydrogens is 336 g/mol. The summed E-state index contributed by atoms with van der Waals surface area (Å²) in [6.07, 6.45) is 1.75. The second-order valence-electron chi connectivity index (χ2n) is 4.96. The lowest BCUT2D eigenvalue weighted by molar-refractivity contribution is 0.0594. The van der Waals surface area contributed by atoms with E-state index in [1.54, 1.807) is 10.3 Å². The van der Waals surface area contributed by atoms with Crippen molar-refractivity contribution < 1.29 is 14.3 Å². The fraction of sp³-hybridized carbons (Fsp3) is 0.312. The second-order valence-corrected chi connectivity index (χ2v) is 6.44. The Kier molecular flexibility index (Phi) is 5.85. The van der Waals surface area contributed by atoms with Crippen molar-refractivity contribution in [2.24, 2.45) is 0 Å². The summed E-state index contributed by atoms with van der Waals surface area (Å²) in [5, 5.41) is 1.77. The molecule has 23 heavy (non-hydrogen) atoms. The van der Waals surface area contributed by atoms with Gasteiger partial charge in [0, 0.05) is 17.0 Å². The van der Waals surface area contributed by atoms with Crippen LogP contribution < -0.4 is 0 Å². The molecule has 1 atom stereocenters. The predicted octanol–water partition coefficient (Wildman–Crippen LogP) is 3.52. The number of carbonyl (C=O) groups is 2. The fourth-order valence-electron chi connectivity index (χ4n) is 2.53. The standard InChI is InChI=1S/C16H17ClN2O3S/c1-4-23-10(2)13-6-5-7-19(13)15(20)11-8-12(16(21)22-3)18-14(17)9-11/h4,8-9,13H,1-2,5-7H2,3H3. The molecule has 1 aromatic rings. The average molecular weight is 353 g/mol. The van der Waals surface area contributed by atoms with Crippen LogP contribution in [0.25, 0.3) is 0 Å². The number of ether oxygens (including phenoxy) is 1. The lowest BCUT2D eigenvalue weighted by Gasteiger charge is -2.25. The molecule has 1 saturated heterocycles. The maximum atomic E-state index is 12.8. The highest BCUT2D eigenvalue weighted by molar-refractivity contribution is 8.05. The Balaban J connectivity index is 2.29. The van der Waals surface area contributed by atoms with Crippen LogP contribution in [0.1, 0.15) is 33.7 Å². The third-order valence-corrected chi connectivity index (χ3v) is 4.49. The number of pyridine rings is 1. The summed E-state index contributed by atoms with van der Waals surface area (Å²) in [5.74, 6) is -0.834. The van der Waals surface area contributed by atoms with E-state index < -0.39 is 5.97 Å². The molecule has 0 radical (unpaired) electrons. The van der Waals surface area contributed by atoms with Gasteiger partial charge in [-0.05, 0) is 30.4 Å². The van der Waals surface area contributed by atoms with E-state index in [0.717, 1.165) is 17.7 Å². The van der Waals surface area contributed by atoms with E-state index in [9.17, 15) is 9.59 Å². The minimum atomic E-state index is -0.633. The summed E-state index contributed by atoms with van der Waals surface area (Å²) in [6, 6.07) is 2.80. The van der Waals surface area contributed by atoms with E-state index in [4.69, 9.17) is 11.6 Å². The molecule has 2 rings (SSSR count). The molecule has 0 bridgehead atoms. The minimum Gasteiger partial charge on any atom is -0.464 e. The highest BCUT2D eigenvalue weighted by atomic mass is 35.5. The van der Waals surface area contributed by atoms with Gasteiger partial charge in [-0.1, -0.05) is 24.8 Å². The van der Waals surface area contributed by atoms with Gasteiger partial charge in [-0.25, -0.2) is 9.78 Å². The van der Waals surface area contributed by atoms with Crippen molar-refractivity contribution in [3.05, 3.63) is 52.0 Å². The number of rotatable bonds is 5. The van der Waals surface area contributed by atoms with Crippen molar-refractivity contribution in [2.45, 2.75) is 18.9 Å². The van der Waals surface area contributed by atoms with Crippen molar-refractivity contribution in [2.75, 3.05) is 13.7 Å². The van der Waals surface area contributed by atoms with E-state index in [-0.39, 0.29) is 22.8 Å². The van der Waals surface area contributed by atoms with E-state index in [2.05, 4.69) is 22.9 Å². The number of amides is 1. The monoisotopic (exact) mass is 352 g/mol. The molecule has 5 nitrogen and oxygen atoms in total. The first kappa shape index (κ1) is 17.6. The van der Waals surface area contributed by atoms with Crippen molar-refractivity contribution in [1.82, 2.24) is 9.88 Å². The average Bonchev–Trinajstić information content (AvgIpc) is 3.02. The quantitative estimate of drug-likeness (QED) is 0.599. The smallest absolute Gasteiger partial charge is 0.356 e. The molecule has 1 aromatic heterocycles. The SMILES string of the molecule is C=CSC(=C)C1CCCN1C(=O)c1cc(Cl)nc(C(=O)OC)c1. The zero-order chi connectivity index (χ0) is 17.0. The molecule has 7 heteroatoms. The summed E-state index contributed by atoms with van der Waals surface area (Å²) in [5.41, 5.74) is 0.326. The maximum absolute atomic E-state index is 12.8. The molecule has 1 aliphatic rings.